The molecule has 0 fully saturated rings. The van der Waals surface area contributed by atoms with Gasteiger partial charge in [-0.3, -0.25) is 9.59 Å². The van der Waals surface area contributed by atoms with E-state index in [0.717, 1.165) is 22.4 Å². The van der Waals surface area contributed by atoms with Crippen molar-refractivity contribution in [3.05, 3.63) is 65.2 Å². The zero-order valence-corrected chi connectivity index (χ0v) is 14.3. The average Bonchev–Trinajstić information content (AvgIpc) is 2.59. The fourth-order valence-corrected chi connectivity index (χ4v) is 2.46. The molecule has 0 spiro atoms. The Hall–Kier alpha value is -2.66. The first-order valence-corrected chi connectivity index (χ1v) is 7.98. The molecule has 0 unspecified atom stereocenters. The van der Waals surface area contributed by atoms with Gasteiger partial charge in [0.1, 0.15) is 0 Å². The second kappa shape index (κ2) is 8.26. The molecule has 126 valence electrons. The van der Waals surface area contributed by atoms with Crippen molar-refractivity contribution in [2.24, 2.45) is 0 Å². The van der Waals surface area contributed by atoms with Gasteiger partial charge in [-0.05, 0) is 31.0 Å². The molecule has 2 amide bonds. The number of likely N-dealkylation sites (N-methyl/N-ethyl adjacent to an activating group) is 1. The van der Waals surface area contributed by atoms with Gasteiger partial charge in [0.2, 0.25) is 0 Å². The highest BCUT2D eigenvalue weighted by atomic mass is 16.2. The van der Waals surface area contributed by atoms with Crippen molar-refractivity contribution >= 4 is 17.5 Å². The molecule has 5 nitrogen and oxygen atoms in total. The van der Waals surface area contributed by atoms with Crippen LogP contribution < -0.4 is 16.0 Å². The van der Waals surface area contributed by atoms with Crippen LogP contribution in [0.25, 0.3) is 0 Å². The van der Waals surface area contributed by atoms with Gasteiger partial charge >= 0.3 is 0 Å². The third-order valence-corrected chi connectivity index (χ3v) is 3.91. The Morgan fingerprint density at radius 3 is 2.46 bits per heavy atom. The van der Waals surface area contributed by atoms with E-state index in [1.165, 1.54) is 0 Å². The molecule has 0 aliphatic carbocycles. The van der Waals surface area contributed by atoms with Crippen LogP contribution in [0.15, 0.2) is 48.5 Å². The molecular formula is C19H24N3O2+. The van der Waals surface area contributed by atoms with Gasteiger partial charge in [-0.25, -0.2) is 0 Å². The van der Waals surface area contributed by atoms with Gasteiger partial charge in [-0.15, -0.1) is 0 Å². The van der Waals surface area contributed by atoms with Gasteiger partial charge in [0.15, 0.2) is 12.6 Å². The van der Waals surface area contributed by atoms with E-state index < -0.39 is 6.04 Å². The third-order valence-electron chi connectivity index (χ3n) is 3.91. The van der Waals surface area contributed by atoms with Gasteiger partial charge in [0.25, 0.3) is 11.8 Å². The molecule has 0 heterocycles. The first-order chi connectivity index (χ1) is 11.5. The number of anilines is 1. The predicted molar refractivity (Wildman–Crippen MR) is 94.6 cm³/mol. The summed E-state index contributed by atoms with van der Waals surface area (Å²) in [7, 11) is 1.59. The van der Waals surface area contributed by atoms with Crippen molar-refractivity contribution in [3.63, 3.8) is 0 Å². The second-order valence-corrected chi connectivity index (χ2v) is 5.81. The summed E-state index contributed by atoms with van der Waals surface area (Å²) in [6.45, 7) is 4.14. The monoisotopic (exact) mass is 326 g/mol. The highest BCUT2D eigenvalue weighted by Gasteiger charge is 2.25. The summed E-state index contributed by atoms with van der Waals surface area (Å²) in [5, 5.41) is 7.31. The highest BCUT2D eigenvalue weighted by molar-refractivity contribution is 5.95. The van der Waals surface area contributed by atoms with Crippen molar-refractivity contribution in [3.8, 4) is 0 Å². The van der Waals surface area contributed by atoms with E-state index in [4.69, 9.17) is 0 Å². The summed E-state index contributed by atoms with van der Waals surface area (Å²) in [6, 6.07) is 14.9. The number of nitrogens with one attached hydrogen (secondary N) is 2. The second-order valence-electron chi connectivity index (χ2n) is 5.81. The molecule has 0 aromatic heterocycles. The molecular weight excluding hydrogens is 302 g/mol. The number of quaternary nitrogens is 1. The smallest absolute Gasteiger partial charge is 0.287 e. The lowest BCUT2D eigenvalue weighted by atomic mass is 10.1. The molecule has 1 atom stereocenters. The minimum absolute atomic E-state index is 0.115. The molecule has 0 aliphatic rings. The molecule has 5 heteroatoms. The Morgan fingerprint density at radius 1 is 1.08 bits per heavy atom. The Balaban J connectivity index is 2.20. The van der Waals surface area contributed by atoms with Crippen LogP contribution in [0.2, 0.25) is 0 Å². The molecule has 0 aliphatic heterocycles. The Labute approximate surface area is 142 Å². The lowest BCUT2D eigenvalue weighted by Gasteiger charge is -2.17. The van der Waals surface area contributed by atoms with Crippen LogP contribution in [0.3, 0.4) is 0 Å². The van der Waals surface area contributed by atoms with Crippen LogP contribution in [-0.2, 0) is 9.59 Å². The number of rotatable bonds is 6. The van der Waals surface area contributed by atoms with Crippen molar-refractivity contribution in [1.29, 1.82) is 0 Å². The Kier molecular flexibility index (Phi) is 6.09. The number of hydrogen-bond acceptors (Lipinski definition) is 2. The summed E-state index contributed by atoms with van der Waals surface area (Å²) in [5.74, 6) is -0.255. The van der Waals surface area contributed by atoms with Crippen LogP contribution >= 0.6 is 0 Å². The van der Waals surface area contributed by atoms with E-state index in [0.29, 0.717) is 0 Å². The summed E-state index contributed by atoms with van der Waals surface area (Å²) in [5.41, 5.74) is 3.76. The highest BCUT2D eigenvalue weighted by Crippen LogP contribution is 2.18. The number of amides is 2. The van der Waals surface area contributed by atoms with E-state index in [-0.39, 0.29) is 18.4 Å². The SMILES string of the molecule is CNC(=O)C[NH2+][C@@H](C(=O)Nc1cc(C)ccc1C)c1ccccc1. The lowest BCUT2D eigenvalue weighted by Crippen LogP contribution is -2.89. The fraction of sp³-hybridized carbons (Fsp3) is 0.263. The van der Waals surface area contributed by atoms with Crippen molar-refractivity contribution < 1.29 is 14.9 Å². The minimum Gasteiger partial charge on any atom is -0.354 e. The Morgan fingerprint density at radius 2 is 1.79 bits per heavy atom. The average molecular weight is 326 g/mol. The van der Waals surface area contributed by atoms with E-state index in [9.17, 15) is 9.59 Å². The summed E-state index contributed by atoms with van der Waals surface area (Å²) in [6.07, 6.45) is 0. The van der Waals surface area contributed by atoms with Crippen LogP contribution in [0, 0.1) is 13.8 Å². The lowest BCUT2D eigenvalue weighted by molar-refractivity contribution is -0.672. The third kappa shape index (κ3) is 4.67. The minimum atomic E-state index is -0.483. The molecule has 2 rings (SSSR count). The molecule has 0 saturated carbocycles. The van der Waals surface area contributed by atoms with Crippen LogP contribution in [0.5, 0.6) is 0 Å². The summed E-state index contributed by atoms with van der Waals surface area (Å²) < 4.78 is 0. The van der Waals surface area contributed by atoms with Gasteiger partial charge in [-0.1, -0.05) is 42.5 Å². The summed E-state index contributed by atoms with van der Waals surface area (Å²) >= 11 is 0. The maximum Gasteiger partial charge on any atom is 0.287 e. The quantitative estimate of drug-likeness (QED) is 0.748. The molecule has 0 radical (unpaired) electrons. The van der Waals surface area contributed by atoms with Crippen molar-refractivity contribution in [2.45, 2.75) is 19.9 Å². The number of benzene rings is 2. The normalized spacial score (nSPS) is 11.6. The fourth-order valence-electron chi connectivity index (χ4n) is 2.46. The number of carbonyl (C=O) groups excluding carboxylic acids is 2. The van der Waals surface area contributed by atoms with Crippen LogP contribution in [0.4, 0.5) is 5.69 Å². The van der Waals surface area contributed by atoms with E-state index in [1.807, 2.05) is 62.4 Å². The molecule has 0 saturated heterocycles. The number of hydrogen-bond donors (Lipinski definition) is 3. The Bertz CT molecular complexity index is 714. The van der Waals surface area contributed by atoms with Gasteiger partial charge < -0.3 is 16.0 Å². The van der Waals surface area contributed by atoms with E-state index in [2.05, 4.69) is 10.6 Å². The molecule has 0 bridgehead atoms. The number of carbonyl (C=O) groups is 2. The van der Waals surface area contributed by atoms with Crippen LogP contribution in [0.1, 0.15) is 22.7 Å². The summed E-state index contributed by atoms with van der Waals surface area (Å²) in [4.78, 5) is 24.4. The molecule has 4 N–H and O–H groups in total. The van der Waals surface area contributed by atoms with E-state index in [1.54, 1.807) is 12.4 Å². The van der Waals surface area contributed by atoms with Gasteiger partial charge in [0.05, 0.1) is 0 Å². The first-order valence-electron chi connectivity index (χ1n) is 7.98. The van der Waals surface area contributed by atoms with Crippen molar-refractivity contribution in [2.75, 3.05) is 18.9 Å². The molecule has 2 aromatic rings. The van der Waals surface area contributed by atoms with Gasteiger partial charge in [-0.2, -0.15) is 0 Å². The number of nitrogens with two attached hydrogens (primary N) is 1. The topological polar surface area (TPSA) is 74.8 Å². The molecule has 2 aromatic carbocycles. The first kappa shape index (κ1) is 17.7. The largest absolute Gasteiger partial charge is 0.354 e. The zero-order valence-electron chi connectivity index (χ0n) is 14.3. The van der Waals surface area contributed by atoms with Crippen molar-refractivity contribution in [1.82, 2.24) is 5.32 Å². The molecule has 24 heavy (non-hydrogen) atoms. The van der Waals surface area contributed by atoms with E-state index >= 15 is 0 Å². The predicted octanol–water partition coefficient (Wildman–Crippen LogP) is 1.29. The maximum atomic E-state index is 12.8. The standard InChI is InChI=1S/C19H23N3O2/c1-13-9-10-14(2)16(11-13)22-19(24)18(21-12-17(23)20-3)15-7-5-4-6-8-15/h4-11,18,21H,12H2,1-3H3,(H,20,23)(H,22,24)/p+1/t18-/m1/s1. The maximum absolute atomic E-state index is 12.8. The zero-order chi connectivity index (χ0) is 17.5. The number of aryl methyl sites for hydroxylation is 2. The van der Waals surface area contributed by atoms with Gasteiger partial charge in [0, 0.05) is 18.3 Å². The van der Waals surface area contributed by atoms with Crippen LogP contribution in [-0.4, -0.2) is 25.4 Å².